The third-order valence-corrected chi connectivity index (χ3v) is 2.61. The van der Waals surface area contributed by atoms with Crippen molar-refractivity contribution < 1.29 is 13.2 Å². The molecule has 0 aliphatic rings. The minimum atomic E-state index is -4.54. The van der Waals surface area contributed by atoms with Gasteiger partial charge in [0.2, 0.25) is 5.82 Å². The third kappa shape index (κ3) is 4.25. The number of anilines is 2. The first kappa shape index (κ1) is 15.5. The second-order valence-electron chi connectivity index (χ2n) is 4.03. The number of rotatable bonds is 6. The molecule has 7 heteroatoms. The van der Waals surface area contributed by atoms with Crippen LogP contribution in [0.15, 0.2) is 6.07 Å². The Kier molecular flexibility index (Phi) is 5.38. The Bertz CT molecular complexity index is 402. The Hall–Kier alpha value is -1.53. The molecule has 0 saturated heterocycles. The average molecular weight is 276 g/mol. The lowest BCUT2D eigenvalue weighted by Gasteiger charge is -2.21. The van der Waals surface area contributed by atoms with E-state index < -0.39 is 12.0 Å². The van der Waals surface area contributed by atoms with Crippen LogP contribution in [-0.4, -0.2) is 29.6 Å². The van der Waals surface area contributed by atoms with Crippen LogP contribution in [0.25, 0.3) is 0 Å². The first-order valence-electron chi connectivity index (χ1n) is 6.37. The van der Waals surface area contributed by atoms with E-state index in [1.807, 2.05) is 20.8 Å². The number of alkyl halides is 3. The molecule has 1 aromatic rings. The summed E-state index contributed by atoms with van der Waals surface area (Å²) in [6, 6.07) is 1.55. The van der Waals surface area contributed by atoms with Crippen molar-refractivity contribution >= 4 is 11.6 Å². The van der Waals surface area contributed by atoms with E-state index in [0.29, 0.717) is 25.5 Å². The van der Waals surface area contributed by atoms with Crippen LogP contribution < -0.4 is 10.2 Å². The summed E-state index contributed by atoms with van der Waals surface area (Å²) >= 11 is 0. The molecule has 1 rings (SSSR count). The second kappa shape index (κ2) is 6.58. The Balaban J connectivity index is 3.15. The highest BCUT2D eigenvalue weighted by atomic mass is 19.4. The zero-order chi connectivity index (χ0) is 14.5. The first-order valence-corrected chi connectivity index (χ1v) is 6.37. The van der Waals surface area contributed by atoms with Gasteiger partial charge in [-0.25, -0.2) is 9.97 Å². The normalized spacial score (nSPS) is 11.5. The number of hydrogen-bond acceptors (Lipinski definition) is 4. The topological polar surface area (TPSA) is 41.0 Å². The zero-order valence-corrected chi connectivity index (χ0v) is 11.4. The molecule has 0 amide bonds. The SMILES string of the molecule is CCCNc1cc(N(CC)CC)nc(C(F)(F)F)n1. The quantitative estimate of drug-likeness (QED) is 0.866. The van der Waals surface area contributed by atoms with E-state index in [1.54, 1.807) is 11.0 Å². The molecule has 0 spiro atoms. The van der Waals surface area contributed by atoms with Crippen LogP contribution in [-0.2, 0) is 6.18 Å². The standard InChI is InChI=1S/C12H19F3N4/c1-4-7-16-9-8-10(19(5-2)6-3)18-11(17-9)12(13,14)15/h8H,4-7H2,1-3H3,(H,16,17,18). The van der Waals surface area contributed by atoms with Crippen LogP contribution in [0.4, 0.5) is 24.8 Å². The maximum atomic E-state index is 12.8. The van der Waals surface area contributed by atoms with E-state index in [2.05, 4.69) is 15.3 Å². The van der Waals surface area contributed by atoms with Gasteiger partial charge in [0, 0.05) is 25.7 Å². The van der Waals surface area contributed by atoms with Gasteiger partial charge in [-0.05, 0) is 20.3 Å². The van der Waals surface area contributed by atoms with Crippen molar-refractivity contribution in [2.24, 2.45) is 0 Å². The minimum Gasteiger partial charge on any atom is -0.370 e. The van der Waals surface area contributed by atoms with Gasteiger partial charge in [0.25, 0.3) is 0 Å². The van der Waals surface area contributed by atoms with Crippen LogP contribution in [0.3, 0.4) is 0 Å². The fraction of sp³-hybridized carbons (Fsp3) is 0.667. The van der Waals surface area contributed by atoms with E-state index in [1.165, 1.54) is 0 Å². The Labute approximate surface area is 111 Å². The van der Waals surface area contributed by atoms with Crippen LogP contribution in [0.5, 0.6) is 0 Å². The summed E-state index contributed by atoms with van der Waals surface area (Å²) in [4.78, 5) is 8.88. The fourth-order valence-corrected chi connectivity index (χ4v) is 1.61. The van der Waals surface area contributed by atoms with E-state index in [0.717, 1.165) is 6.42 Å². The molecule has 0 aromatic carbocycles. The highest BCUT2D eigenvalue weighted by Crippen LogP contribution is 2.29. The highest BCUT2D eigenvalue weighted by Gasteiger charge is 2.35. The van der Waals surface area contributed by atoms with Gasteiger partial charge in [-0.1, -0.05) is 6.92 Å². The lowest BCUT2D eigenvalue weighted by Crippen LogP contribution is -2.25. The monoisotopic (exact) mass is 276 g/mol. The van der Waals surface area contributed by atoms with Gasteiger partial charge < -0.3 is 10.2 Å². The molecule has 0 aliphatic heterocycles. The zero-order valence-electron chi connectivity index (χ0n) is 11.4. The van der Waals surface area contributed by atoms with E-state index in [9.17, 15) is 13.2 Å². The highest BCUT2D eigenvalue weighted by molar-refractivity contribution is 5.49. The first-order chi connectivity index (χ1) is 8.92. The minimum absolute atomic E-state index is 0.214. The van der Waals surface area contributed by atoms with Crippen molar-refractivity contribution in [2.45, 2.75) is 33.4 Å². The molecule has 0 radical (unpaired) electrons. The van der Waals surface area contributed by atoms with Gasteiger partial charge in [-0.3, -0.25) is 0 Å². The average Bonchev–Trinajstić information content (AvgIpc) is 2.36. The summed E-state index contributed by atoms with van der Waals surface area (Å²) in [5.41, 5.74) is 0. The van der Waals surface area contributed by atoms with Crippen molar-refractivity contribution in [1.29, 1.82) is 0 Å². The molecule has 1 heterocycles. The number of nitrogens with one attached hydrogen (secondary N) is 1. The summed E-state index contributed by atoms with van der Waals surface area (Å²) in [7, 11) is 0. The summed E-state index contributed by atoms with van der Waals surface area (Å²) < 4.78 is 38.3. The predicted octanol–water partition coefficient (Wildman–Crippen LogP) is 3.16. The predicted molar refractivity (Wildman–Crippen MR) is 69.4 cm³/mol. The van der Waals surface area contributed by atoms with E-state index in [-0.39, 0.29) is 5.82 Å². The fourth-order valence-electron chi connectivity index (χ4n) is 1.61. The second-order valence-corrected chi connectivity index (χ2v) is 4.03. The lowest BCUT2D eigenvalue weighted by molar-refractivity contribution is -0.144. The number of aromatic nitrogens is 2. The van der Waals surface area contributed by atoms with Crippen LogP contribution in [0.2, 0.25) is 0 Å². The summed E-state index contributed by atoms with van der Waals surface area (Å²) in [6.45, 7) is 7.45. The molecule has 0 unspecified atom stereocenters. The van der Waals surface area contributed by atoms with Crippen molar-refractivity contribution in [3.63, 3.8) is 0 Å². The van der Waals surface area contributed by atoms with Gasteiger partial charge in [-0.2, -0.15) is 13.2 Å². The molecule has 1 aromatic heterocycles. The maximum absolute atomic E-state index is 12.8. The molecule has 0 bridgehead atoms. The Morgan fingerprint density at radius 1 is 1.16 bits per heavy atom. The van der Waals surface area contributed by atoms with Gasteiger partial charge in [-0.15, -0.1) is 0 Å². The van der Waals surface area contributed by atoms with Gasteiger partial charge in [0.15, 0.2) is 0 Å². The molecule has 1 N–H and O–H groups in total. The lowest BCUT2D eigenvalue weighted by atomic mass is 10.4. The van der Waals surface area contributed by atoms with Gasteiger partial charge in [0.1, 0.15) is 11.6 Å². The van der Waals surface area contributed by atoms with Crippen molar-refractivity contribution in [3.8, 4) is 0 Å². The molecule has 0 fully saturated rings. The Morgan fingerprint density at radius 3 is 2.26 bits per heavy atom. The van der Waals surface area contributed by atoms with Crippen molar-refractivity contribution in [2.75, 3.05) is 29.9 Å². The Morgan fingerprint density at radius 2 is 1.79 bits per heavy atom. The largest absolute Gasteiger partial charge is 0.451 e. The van der Waals surface area contributed by atoms with E-state index >= 15 is 0 Å². The van der Waals surface area contributed by atoms with Crippen LogP contribution in [0, 0.1) is 0 Å². The van der Waals surface area contributed by atoms with Crippen LogP contribution in [0.1, 0.15) is 33.0 Å². The molecule has 19 heavy (non-hydrogen) atoms. The number of hydrogen-bond donors (Lipinski definition) is 1. The molecular formula is C12H19F3N4. The van der Waals surface area contributed by atoms with Crippen molar-refractivity contribution in [3.05, 3.63) is 11.9 Å². The van der Waals surface area contributed by atoms with E-state index in [4.69, 9.17) is 0 Å². The molecule has 0 aliphatic carbocycles. The third-order valence-electron chi connectivity index (χ3n) is 2.61. The molecule has 0 saturated carbocycles. The number of nitrogens with zero attached hydrogens (tertiary/aromatic N) is 3. The van der Waals surface area contributed by atoms with Crippen molar-refractivity contribution in [1.82, 2.24) is 9.97 Å². The summed E-state index contributed by atoms with van der Waals surface area (Å²) in [5, 5.41) is 2.87. The summed E-state index contributed by atoms with van der Waals surface area (Å²) in [6.07, 6.45) is -3.72. The smallest absolute Gasteiger partial charge is 0.370 e. The maximum Gasteiger partial charge on any atom is 0.451 e. The van der Waals surface area contributed by atoms with Gasteiger partial charge in [0.05, 0.1) is 0 Å². The summed E-state index contributed by atoms with van der Waals surface area (Å²) in [5.74, 6) is -0.590. The molecule has 4 nitrogen and oxygen atoms in total. The number of halogens is 3. The molecule has 108 valence electrons. The van der Waals surface area contributed by atoms with Gasteiger partial charge >= 0.3 is 6.18 Å². The molecular weight excluding hydrogens is 257 g/mol. The van der Waals surface area contributed by atoms with Crippen LogP contribution >= 0.6 is 0 Å². The molecule has 0 atom stereocenters.